The standard InChI is InChI=1S/C18H29BO6/c1-9-13(19-24-17(3,4)18(5,6)25-19)10-12(2)11-14(15(20)22-7)16(21)23-8/h14H,9,11H2,1-8H3. The monoisotopic (exact) mass is 352 g/mol. The van der Waals surface area contributed by atoms with Crippen LogP contribution in [0.4, 0.5) is 0 Å². The van der Waals surface area contributed by atoms with Crippen molar-refractivity contribution in [3.63, 3.8) is 0 Å². The van der Waals surface area contributed by atoms with Gasteiger partial charge in [-0.3, -0.25) is 9.59 Å². The van der Waals surface area contributed by atoms with Crippen molar-refractivity contribution in [1.82, 2.24) is 0 Å². The maximum absolute atomic E-state index is 11.8. The van der Waals surface area contributed by atoms with E-state index in [4.69, 9.17) is 9.31 Å². The molecular formula is C18H29BO6. The van der Waals surface area contributed by atoms with E-state index in [0.717, 1.165) is 11.0 Å². The van der Waals surface area contributed by atoms with Crippen LogP contribution in [0.15, 0.2) is 16.8 Å². The summed E-state index contributed by atoms with van der Waals surface area (Å²) in [6.07, 6.45) is 0.845. The normalized spacial score (nSPS) is 17.9. The van der Waals surface area contributed by atoms with Crippen LogP contribution in [0.5, 0.6) is 0 Å². The maximum atomic E-state index is 11.8. The summed E-state index contributed by atoms with van der Waals surface area (Å²) in [5.41, 5.74) is 3.93. The van der Waals surface area contributed by atoms with Gasteiger partial charge in [-0.05, 0) is 53.0 Å². The Morgan fingerprint density at radius 3 is 1.84 bits per heavy atom. The first-order valence-electron chi connectivity index (χ1n) is 8.45. The first kappa shape index (κ1) is 21.5. The van der Waals surface area contributed by atoms with Gasteiger partial charge in [0.2, 0.25) is 0 Å². The number of esters is 2. The van der Waals surface area contributed by atoms with E-state index in [1.807, 2.05) is 34.6 Å². The summed E-state index contributed by atoms with van der Waals surface area (Å²) in [5.74, 6) is -2.25. The highest BCUT2D eigenvalue weighted by molar-refractivity contribution is 6.54. The zero-order chi connectivity index (χ0) is 19.4. The molecule has 0 amide bonds. The molecule has 1 saturated heterocycles. The fourth-order valence-electron chi connectivity index (χ4n) is 2.48. The van der Waals surface area contributed by atoms with Crippen molar-refractivity contribution in [2.24, 2.45) is 5.92 Å². The van der Waals surface area contributed by atoms with Crippen LogP contribution >= 0.6 is 0 Å². The minimum Gasteiger partial charge on any atom is -0.468 e. The third-order valence-corrected chi connectivity index (χ3v) is 4.77. The Labute approximate surface area is 150 Å². The molecule has 1 rings (SSSR count). The lowest BCUT2D eigenvalue weighted by Gasteiger charge is -2.32. The van der Waals surface area contributed by atoms with E-state index in [-0.39, 0.29) is 6.42 Å². The van der Waals surface area contributed by atoms with Gasteiger partial charge in [-0.1, -0.05) is 6.92 Å². The average molecular weight is 352 g/mol. The lowest BCUT2D eigenvalue weighted by Crippen LogP contribution is -2.41. The maximum Gasteiger partial charge on any atom is 0.498 e. The van der Waals surface area contributed by atoms with Crippen LogP contribution in [0.3, 0.4) is 0 Å². The predicted octanol–water partition coefficient (Wildman–Crippen LogP) is 2.85. The molecule has 0 N–H and O–H groups in total. The molecular weight excluding hydrogens is 323 g/mol. The van der Waals surface area contributed by atoms with Gasteiger partial charge in [0.05, 0.1) is 25.4 Å². The summed E-state index contributed by atoms with van der Waals surface area (Å²) < 4.78 is 21.5. The van der Waals surface area contributed by atoms with E-state index in [0.29, 0.717) is 6.42 Å². The van der Waals surface area contributed by atoms with E-state index in [9.17, 15) is 9.59 Å². The highest BCUT2D eigenvalue weighted by atomic mass is 16.7. The molecule has 0 aromatic carbocycles. The second-order valence-electron chi connectivity index (χ2n) is 7.18. The number of ether oxygens (including phenoxy) is 2. The fraction of sp³-hybridized carbons (Fsp3) is 0.722. The predicted molar refractivity (Wildman–Crippen MR) is 94.7 cm³/mol. The first-order valence-corrected chi connectivity index (χ1v) is 8.45. The molecule has 0 unspecified atom stereocenters. The fourth-order valence-corrected chi connectivity index (χ4v) is 2.48. The smallest absolute Gasteiger partial charge is 0.468 e. The highest BCUT2D eigenvalue weighted by Crippen LogP contribution is 2.38. The topological polar surface area (TPSA) is 71.1 Å². The van der Waals surface area contributed by atoms with Crippen molar-refractivity contribution in [2.75, 3.05) is 14.2 Å². The average Bonchev–Trinajstić information content (AvgIpc) is 2.76. The molecule has 0 saturated carbocycles. The van der Waals surface area contributed by atoms with Crippen molar-refractivity contribution in [1.29, 1.82) is 0 Å². The van der Waals surface area contributed by atoms with Gasteiger partial charge < -0.3 is 18.8 Å². The van der Waals surface area contributed by atoms with Gasteiger partial charge in [0.25, 0.3) is 0 Å². The third kappa shape index (κ3) is 4.97. The van der Waals surface area contributed by atoms with Crippen LogP contribution in [-0.4, -0.2) is 44.5 Å². The lowest BCUT2D eigenvalue weighted by atomic mass is 9.76. The second kappa shape index (κ2) is 8.22. The van der Waals surface area contributed by atoms with Gasteiger partial charge in [-0.2, -0.15) is 0 Å². The Kier molecular flexibility index (Phi) is 7.06. The van der Waals surface area contributed by atoms with Gasteiger partial charge in [0.1, 0.15) is 0 Å². The molecule has 1 aliphatic heterocycles. The molecule has 0 radical (unpaired) electrons. The molecule has 0 aliphatic carbocycles. The van der Waals surface area contributed by atoms with Gasteiger partial charge >= 0.3 is 19.1 Å². The molecule has 7 heteroatoms. The van der Waals surface area contributed by atoms with Crippen LogP contribution in [0, 0.1) is 5.92 Å². The quantitative estimate of drug-likeness (QED) is 0.317. The summed E-state index contributed by atoms with van der Waals surface area (Å²) in [6.45, 7) is 11.7. The van der Waals surface area contributed by atoms with Gasteiger partial charge in [0.15, 0.2) is 5.92 Å². The zero-order valence-electron chi connectivity index (χ0n) is 16.5. The summed E-state index contributed by atoms with van der Waals surface area (Å²) in [7, 11) is 1.99. The molecule has 25 heavy (non-hydrogen) atoms. The summed E-state index contributed by atoms with van der Waals surface area (Å²) in [4.78, 5) is 23.6. The van der Waals surface area contributed by atoms with Crippen molar-refractivity contribution < 1.29 is 28.4 Å². The minimum absolute atomic E-state index is 0.169. The number of carbonyl (C=O) groups excluding carboxylic acids is 2. The summed E-state index contributed by atoms with van der Waals surface area (Å²) >= 11 is 0. The highest BCUT2D eigenvalue weighted by Gasteiger charge is 2.52. The zero-order valence-corrected chi connectivity index (χ0v) is 16.5. The largest absolute Gasteiger partial charge is 0.498 e. The van der Waals surface area contributed by atoms with Gasteiger partial charge in [0, 0.05) is 5.47 Å². The SMILES string of the molecule is CCC(=C=C(C)CC(C(=O)OC)C(=O)OC)B1OC(C)(C)C(C)(C)O1. The van der Waals surface area contributed by atoms with Crippen LogP contribution < -0.4 is 0 Å². The lowest BCUT2D eigenvalue weighted by molar-refractivity contribution is -0.158. The van der Waals surface area contributed by atoms with Gasteiger partial charge in [-0.15, -0.1) is 5.73 Å². The Morgan fingerprint density at radius 2 is 1.48 bits per heavy atom. The molecule has 6 nitrogen and oxygen atoms in total. The Bertz CT molecular complexity index is 554. The number of methoxy groups -OCH3 is 2. The minimum atomic E-state index is -1.00. The van der Waals surface area contributed by atoms with Crippen LogP contribution in [0.25, 0.3) is 0 Å². The van der Waals surface area contributed by atoms with E-state index in [2.05, 4.69) is 15.2 Å². The Morgan fingerprint density at radius 1 is 1.04 bits per heavy atom. The molecule has 1 aliphatic rings. The third-order valence-electron chi connectivity index (χ3n) is 4.77. The molecule has 1 fully saturated rings. The number of hydrogen-bond acceptors (Lipinski definition) is 6. The molecule has 0 bridgehead atoms. The Hall–Kier alpha value is -1.56. The van der Waals surface area contributed by atoms with E-state index in [1.54, 1.807) is 6.92 Å². The van der Waals surface area contributed by atoms with Crippen LogP contribution in [0.1, 0.15) is 54.4 Å². The van der Waals surface area contributed by atoms with Crippen molar-refractivity contribution in [2.45, 2.75) is 65.6 Å². The van der Waals surface area contributed by atoms with E-state index < -0.39 is 36.2 Å². The second-order valence-corrected chi connectivity index (χ2v) is 7.18. The molecule has 0 spiro atoms. The molecule has 0 atom stereocenters. The first-order chi connectivity index (χ1) is 11.5. The Balaban J connectivity index is 3.09. The van der Waals surface area contributed by atoms with Crippen molar-refractivity contribution in [3.05, 3.63) is 16.8 Å². The van der Waals surface area contributed by atoms with Gasteiger partial charge in [-0.25, -0.2) is 0 Å². The van der Waals surface area contributed by atoms with Crippen LogP contribution in [-0.2, 0) is 28.4 Å². The number of carbonyl (C=O) groups is 2. The van der Waals surface area contributed by atoms with E-state index >= 15 is 0 Å². The molecule has 0 aromatic heterocycles. The molecule has 1 heterocycles. The van der Waals surface area contributed by atoms with Crippen molar-refractivity contribution in [3.8, 4) is 0 Å². The van der Waals surface area contributed by atoms with Crippen LogP contribution in [0.2, 0.25) is 0 Å². The van der Waals surface area contributed by atoms with Crippen molar-refractivity contribution >= 4 is 19.1 Å². The van der Waals surface area contributed by atoms with E-state index in [1.165, 1.54) is 14.2 Å². The summed E-state index contributed by atoms with van der Waals surface area (Å²) in [6, 6.07) is 0. The summed E-state index contributed by atoms with van der Waals surface area (Å²) in [5, 5.41) is 0. The molecule has 0 aromatic rings. The molecule has 140 valence electrons. The number of allylic oxidation sites excluding steroid dienone is 1. The number of hydrogen-bond donors (Lipinski definition) is 0. The number of rotatable bonds is 6.